The Kier molecular flexibility index (Phi) is 6.56. The molecule has 0 bridgehead atoms. The van der Waals surface area contributed by atoms with Crippen LogP contribution in [0.5, 0.6) is 0 Å². The normalized spacial score (nSPS) is 15.2. The van der Waals surface area contributed by atoms with Crippen LogP contribution >= 0.6 is 0 Å². The monoisotopic (exact) mass is 285 g/mol. The summed E-state index contributed by atoms with van der Waals surface area (Å²) in [4.78, 5) is 12.2. The summed E-state index contributed by atoms with van der Waals surface area (Å²) in [5.41, 5.74) is 6.78. The fourth-order valence-corrected chi connectivity index (χ4v) is 2.48. The first-order valence-corrected chi connectivity index (χ1v) is 6.92. The Morgan fingerprint density at radius 2 is 2.00 bits per heavy atom. The third kappa shape index (κ3) is 4.13. The van der Waals surface area contributed by atoms with Gasteiger partial charge in [0.25, 0.3) is 0 Å². The number of amides is 1. The molecule has 1 aliphatic carbocycles. The van der Waals surface area contributed by atoms with Crippen molar-refractivity contribution >= 4 is 12.2 Å². The van der Waals surface area contributed by atoms with Crippen molar-refractivity contribution in [2.45, 2.75) is 12.8 Å². The van der Waals surface area contributed by atoms with E-state index in [2.05, 4.69) is 17.6 Å². The average molecular weight is 285 g/mol. The van der Waals surface area contributed by atoms with Gasteiger partial charge in [-0.15, -0.1) is 6.58 Å². The maximum atomic E-state index is 12.2. The van der Waals surface area contributed by atoms with Crippen molar-refractivity contribution < 1.29 is 4.79 Å². The smallest absolute Gasteiger partial charge is 0.230 e. The molecule has 0 saturated heterocycles. The standard InChI is InChI=1S/C16H18N2O.CH5N/c1-3-13(14-7-5-4-6-11(14)2)15(12-8-9-12)16(19)18-10-17;1-2/h3-10,12-13,15H,1H2,2H3,(H2,17,18,19);2H2,1H3/t13-,15?;/m1./s1. The van der Waals surface area contributed by atoms with E-state index in [4.69, 9.17) is 5.41 Å². The van der Waals surface area contributed by atoms with Crippen molar-refractivity contribution in [2.75, 3.05) is 7.05 Å². The number of allylic oxidation sites excluding steroid dienone is 3. The van der Waals surface area contributed by atoms with Crippen LogP contribution in [0, 0.1) is 24.2 Å². The van der Waals surface area contributed by atoms with Crippen LogP contribution in [0.3, 0.4) is 0 Å². The van der Waals surface area contributed by atoms with Gasteiger partial charge in [-0.1, -0.05) is 42.5 Å². The summed E-state index contributed by atoms with van der Waals surface area (Å²) < 4.78 is 0. The number of rotatable bonds is 6. The lowest BCUT2D eigenvalue weighted by molar-refractivity contribution is -0.124. The van der Waals surface area contributed by atoms with Gasteiger partial charge in [0.15, 0.2) is 0 Å². The minimum atomic E-state index is -0.222. The van der Waals surface area contributed by atoms with Crippen LogP contribution in [-0.4, -0.2) is 19.3 Å². The molecule has 4 N–H and O–H groups in total. The maximum absolute atomic E-state index is 12.2. The number of carbonyl (C=O) groups is 1. The van der Waals surface area contributed by atoms with E-state index in [0.29, 0.717) is 0 Å². The minimum absolute atomic E-state index is 0.0406. The molecule has 21 heavy (non-hydrogen) atoms. The molecule has 0 spiro atoms. The SMILES string of the molecule is C=C[C@H](c1ccccc1C)C(C(=O)NC=N)C1C=C1.CN. The summed E-state index contributed by atoms with van der Waals surface area (Å²) in [6, 6.07) is 8.04. The first kappa shape index (κ1) is 16.9. The zero-order valence-corrected chi connectivity index (χ0v) is 12.5. The minimum Gasteiger partial charge on any atom is -0.333 e. The van der Waals surface area contributed by atoms with Crippen LogP contribution in [0.4, 0.5) is 0 Å². The molecule has 0 aromatic heterocycles. The van der Waals surface area contributed by atoms with Crippen molar-refractivity contribution in [1.29, 1.82) is 5.41 Å². The summed E-state index contributed by atoms with van der Waals surface area (Å²) in [5, 5.41) is 9.52. The van der Waals surface area contributed by atoms with Crippen LogP contribution in [0.15, 0.2) is 49.1 Å². The summed E-state index contributed by atoms with van der Waals surface area (Å²) in [6.07, 6.45) is 6.80. The van der Waals surface area contributed by atoms with Gasteiger partial charge in [-0.25, -0.2) is 0 Å². The number of carbonyl (C=O) groups excluding carboxylic acids is 1. The molecule has 1 aromatic rings. The molecule has 1 aliphatic rings. The highest BCUT2D eigenvalue weighted by Gasteiger charge is 2.36. The number of benzene rings is 1. The Balaban J connectivity index is 0.00000106. The van der Waals surface area contributed by atoms with E-state index >= 15 is 0 Å². The van der Waals surface area contributed by atoms with E-state index in [1.165, 1.54) is 7.05 Å². The van der Waals surface area contributed by atoms with E-state index in [9.17, 15) is 4.79 Å². The molecule has 1 unspecified atom stereocenters. The van der Waals surface area contributed by atoms with Gasteiger partial charge in [0.1, 0.15) is 0 Å². The molecule has 1 aromatic carbocycles. The number of hydrogen-bond donors (Lipinski definition) is 3. The lowest BCUT2D eigenvalue weighted by atomic mass is 9.80. The zero-order valence-electron chi connectivity index (χ0n) is 12.5. The topological polar surface area (TPSA) is 79.0 Å². The van der Waals surface area contributed by atoms with E-state index in [1.54, 1.807) is 0 Å². The summed E-state index contributed by atoms with van der Waals surface area (Å²) >= 11 is 0. The Bertz CT molecular complexity index is 531. The zero-order chi connectivity index (χ0) is 15.8. The van der Waals surface area contributed by atoms with Crippen molar-refractivity contribution in [3.8, 4) is 0 Å². The molecule has 4 heteroatoms. The van der Waals surface area contributed by atoms with Crippen molar-refractivity contribution in [1.82, 2.24) is 5.32 Å². The molecule has 0 saturated carbocycles. The lowest BCUT2D eigenvalue weighted by Gasteiger charge is -2.25. The molecule has 4 nitrogen and oxygen atoms in total. The fourth-order valence-electron chi connectivity index (χ4n) is 2.48. The number of hydrogen-bond acceptors (Lipinski definition) is 3. The highest BCUT2D eigenvalue weighted by atomic mass is 16.1. The first-order valence-electron chi connectivity index (χ1n) is 6.92. The fraction of sp³-hybridized carbons (Fsp3) is 0.294. The predicted molar refractivity (Wildman–Crippen MR) is 87.3 cm³/mol. The summed E-state index contributed by atoms with van der Waals surface area (Å²) in [5.74, 6) is -0.220. The highest BCUT2D eigenvalue weighted by molar-refractivity contribution is 5.90. The molecule has 0 heterocycles. The van der Waals surface area contributed by atoms with Gasteiger partial charge in [0, 0.05) is 11.8 Å². The third-order valence-corrected chi connectivity index (χ3v) is 3.53. The Labute approximate surface area is 126 Å². The molecule has 1 amide bonds. The van der Waals surface area contributed by atoms with Crippen LogP contribution in [-0.2, 0) is 4.79 Å². The molecule has 112 valence electrons. The first-order chi connectivity index (χ1) is 10.2. The molecule has 2 atom stereocenters. The Morgan fingerprint density at radius 1 is 1.38 bits per heavy atom. The number of aryl methyl sites for hydroxylation is 1. The van der Waals surface area contributed by atoms with Crippen LogP contribution < -0.4 is 11.1 Å². The summed E-state index contributed by atoms with van der Waals surface area (Å²) in [7, 11) is 1.50. The van der Waals surface area contributed by atoms with Gasteiger partial charge >= 0.3 is 0 Å². The Morgan fingerprint density at radius 3 is 2.48 bits per heavy atom. The number of nitrogens with two attached hydrogens (primary N) is 1. The van der Waals surface area contributed by atoms with E-state index in [-0.39, 0.29) is 23.7 Å². The second-order valence-corrected chi connectivity index (χ2v) is 4.76. The van der Waals surface area contributed by atoms with Gasteiger partial charge in [-0.2, -0.15) is 0 Å². The predicted octanol–water partition coefficient (Wildman–Crippen LogP) is 2.36. The molecule has 0 fully saturated rings. The van der Waals surface area contributed by atoms with Gasteiger partial charge in [-0.05, 0) is 25.1 Å². The van der Waals surface area contributed by atoms with E-state index in [0.717, 1.165) is 17.5 Å². The van der Waals surface area contributed by atoms with Crippen LogP contribution in [0.25, 0.3) is 0 Å². The number of nitrogens with one attached hydrogen (secondary N) is 2. The molecular weight excluding hydrogens is 262 g/mol. The van der Waals surface area contributed by atoms with Gasteiger partial charge in [-0.3, -0.25) is 10.2 Å². The van der Waals surface area contributed by atoms with Crippen LogP contribution in [0.1, 0.15) is 17.0 Å². The van der Waals surface area contributed by atoms with Gasteiger partial charge in [0.05, 0.1) is 12.3 Å². The second-order valence-electron chi connectivity index (χ2n) is 4.76. The van der Waals surface area contributed by atoms with E-state index in [1.807, 2.05) is 49.4 Å². The lowest BCUT2D eigenvalue weighted by Crippen LogP contribution is -2.34. The quantitative estimate of drug-likeness (QED) is 0.426. The van der Waals surface area contributed by atoms with Crippen molar-refractivity contribution in [3.05, 3.63) is 60.2 Å². The molecule has 0 radical (unpaired) electrons. The molecule has 0 aliphatic heterocycles. The largest absolute Gasteiger partial charge is 0.333 e. The van der Waals surface area contributed by atoms with Crippen molar-refractivity contribution in [2.24, 2.45) is 17.6 Å². The molecule has 2 rings (SSSR count). The van der Waals surface area contributed by atoms with Crippen LogP contribution in [0.2, 0.25) is 0 Å². The second kappa shape index (κ2) is 8.17. The highest BCUT2D eigenvalue weighted by Crippen LogP contribution is 2.39. The third-order valence-electron chi connectivity index (χ3n) is 3.53. The van der Waals surface area contributed by atoms with Crippen molar-refractivity contribution in [3.63, 3.8) is 0 Å². The maximum Gasteiger partial charge on any atom is 0.230 e. The summed E-state index contributed by atoms with van der Waals surface area (Å²) in [6.45, 7) is 5.93. The van der Waals surface area contributed by atoms with Gasteiger partial charge in [0.2, 0.25) is 5.91 Å². The molecular formula is C17H23N3O. The average Bonchev–Trinajstić information content (AvgIpc) is 3.32. The Hall–Kier alpha value is -2.20. The van der Waals surface area contributed by atoms with E-state index < -0.39 is 0 Å². The van der Waals surface area contributed by atoms with Gasteiger partial charge < -0.3 is 11.1 Å².